The highest BCUT2D eigenvalue weighted by Gasteiger charge is 2.37. The fourth-order valence-electron chi connectivity index (χ4n) is 3.55. The molecule has 4 rings (SSSR count). The molecule has 3 aromatic rings. The van der Waals surface area contributed by atoms with Gasteiger partial charge in [-0.1, -0.05) is 29.0 Å². The first-order valence-corrected chi connectivity index (χ1v) is 12.5. The van der Waals surface area contributed by atoms with Gasteiger partial charge in [-0.2, -0.15) is 0 Å². The van der Waals surface area contributed by atoms with Crippen molar-refractivity contribution in [2.75, 3.05) is 12.4 Å². The van der Waals surface area contributed by atoms with Crippen LogP contribution in [0.5, 0.6) is 11.5 Å². The Bertz CT molecular complexity index is 1290. The SMILES string of the molecule is COc1ccc2c(c1)[C@@H](NS(=O)(=O)c1nnc(NC(=O)c3ccc(C)cc3)s1)CC(C)(C)O2. The highest BCUT2D eigenvalue weighted by Crippen LogP contribution is 2.41. The number of nitrogens with zero attached hydrogens (tertiary/aromatic N) is 2. The van der Waals surface area contributed by atoms with E-state index in [0.717, 1.165) is 16.9 Å². The van der Waals surface area contributed by atoms with Gasteiger partial charge in [-0.25, -0.2) is 13.1 Å². The van der Waals surface area contributed by atoms with Crippen molar-refractivity contribution >= 4 is 32.4 Å². The summed E-state index contributed by atoms with van der Waals surface area (Å²) in [7, 11) is -2.47. The molecule has 0 fully saturated rings. The number of nitrogens with one attached hydrogen (secondary N) is 2. The number of sulfonamides is 1. The number of anilines is 1. The molecular formula is C22H24N4O5S2. The number of hydrogen-bond acceptors (Lipinski definition) is 8. The second-order valence-corrected chi connectivity index (χ2v) is 11.2. The van der Waals surface area contributed by atoms with Crippen LogP contribution in [0.15, 0.2) is 46.8 Å². The first-order valence-electron chi connectivity index (χ1n) is 10.2. The van der Waals surface area contributed by atoms with E-state index in [1.807, 2.05) is 32.9 Å². The number of ether oxygens (including phenoxy) is 2. The highest BCUT2D eigenvalue weighted by atomic mass is 32.2. The molecule has 1 atom stereocenters. The smallest absolute Gasteiger partial charge is 0.270 e. The van der Waals surface area contributed by atoms with Crippen LogP contribution in [0.4, 0.5) is 5.13 Å². The van der Waals surface area contributed by atoms with Gasteiger partial charge in [0.2, 0.25) is 9.47 Å². The maximum Gasteiger partial charge on any atom is 0.270 e. The molecule has 33 heavy (non-hydrogen) atoms. The molecule has 2 aromatic carbocycles. The summed E-state index contributed by atoms with van der Waals surface area (Å²) in [6.45, 7) is 5.71. The van der Waals surface area contributed by atoms with Crippen LogP contribution in [0.3, 0.4) is 0 Å². The standard InChI is InChI=1S/C22H24N4O5S2/c1-13-5-7-14(8-6-13)19(27)23-20-24-25-21(32-20)33(28,29)26-17-12-22(2,3)31-18-10-9-15(30-4)11-16(17)18/h5-11,17,26H,12H2,1-4H3,(H,23,24,27)/t17-/m0/s1. The summed E-state index contributed by atoms with van der Waals surface area (Å²) in [6, 6.07) is 11.7. The molecule has 0 unspecified atom stereocenters. The van der Waals surface area contributed by atoms with Crippen LogP contribution < -0.4 is 19.5 Å². The Labute approximate surface area is 196 Å². The molecule has 1 aromatic heterocycles. The molecule has 2 heterocycles. The molecule has 9 nitrogen and oxygen atoms in total. The lowest BCUT2D eigenvalue weighted by Gasteiger charge is -2.37. The van der Waals surface area contributed by atoms with Crippen molar-refractivity contribution in [2.45, 2.75) is 43.2 Å². The average molecular weight is 489 g/mol. The number of fused-ring (bicyclic) bond motifs is 1. The van der Waals surface area contributed by atoms with Gasteiger partial charge in [0, 0.05) is 17.5 Å². The van der Waals surface area contributed by atoms with E-state index in [1.54, 1.807) is 37.4 Å². The molecular weight excluding hydrogens is 464 g/mol. The van der Waals surface area contributed by atoms with Crippen LogP contribution in [0.2, 0.25) is 0 Å². The van der Waals surface area contributed by atoms with E-state index in [1.165, 1.54) is 0 Å². The Hall–Kier alpha value is -3.02. The Morgan fingerprint density at radius 1 is 1.18 bits per heavy atom. The van der Waals surface area contributed by atoms with Crippen molar-refractivity contribution < 1.29 is 22.7 Å². The second-order valence-electron chi connectivity index (χ2n) is 8.34. The Morgan fingerprint density at radius 3 is 2.61 bits per heavy atom. The maximum absolute atomic E-state index is 13.1. The first-order chi connectivity index (χ1) is 15.6. The fraction of sp³-hybridized carbons (Fsp3) is 0.318. The van der Waals surface area contributed by atoms with Crippen molar-refractivity contribution in [1.82, 2.24) is 14.9 Å². The monoisotopic (exact) mass is 488 g/mol. The van der Waals surface area contributed by atoms with Gasteiger partial charge in [0.25, 0.3) is 15.9 Å². The molecule has 1 aliphatic rings. The fourth-order valence-corrected chi connectivity index (χ4v) is 5.67. The lowest BCUT2D eigenvalue weighted by atomic mass is 9.90. The lowest BCUT2D eigenvalue weighted by Crippen LogP contribution is -2.41. The van der Waals surface area contributed by atoms with Crippen molar-refractivity contribution in [3.8, 4) is 11.5 Å². The predicted molar refractivity (Wildman–Crippen MR) is 124 cm³/mol. The zero-order valence-corrected chi connectivity index (χ0v) is 20.2. The van der Waals surface area contributed by atoms with Crippen LogP contribution in [-0.2, 0) is 10.0 Å². The number of benzene rings is 2. The van der Waals surface area contributed by atoms with Crippen molar-refractivity contribution in [2.24, 2.45) is 0 Å². The van der Waals surface area contributed by atoms with Gasteiger partial charge < -0.3 is 9.47 Å². The molecule has 174 valence electrons. The minimum absolute atomic E-state index is 0.0929. The summed E-state index contributed by atoms with van der Waals surface area (Å²) in [5, 5.41) is 10.3. The van der Waals surface area contributed by atoms with E-state index in [-0.39, 0.29) is 9.47 Å². The predicted octanol–water partition coefficient (Wildman–Crippen LogP) is 3.69. The summed E-state index contributed by atoms with van der Waals surface area (Å²) < 4.78 is 39.9. The van der Waals surface area contributed by atoms with Crippen LogP contribution in [0.1, 0.15) is 47.8 Å². The number of aryl methyl sites for hydroxylation is 1. The maximum atomic E-state index is 13.1. The third kappa shape index (κ3) is 5.15. The normalized spacial score (nSPS) is 17.0. The minimum atomic E-state index is -4.01. The number of amides is 1. The van der Waals surface area contributed by atoms with Gasteiger partial charge in [-0.15, -0.1) is 10.2 Å². The Kier molecular flexibility index (Phi) is 6.12. The number of hydrogen-bond donors (Lipinski definition) is 2. The number of aromatic nitrogens is 2. The van der Waals surface area contributed by atoms with E-state index in [2.05, 4.69) is 20.2 Å². The van der Waals surface area contributed by atoms with E-state index < -0.39 is 27.6 Å². The number of carbonyl (C=O) groups excluding carboxylic acids is 1. The molecule has 0 saturated carbocycles. The molecule has 0 radical (unpaired) electrons. The van der Waals surface area contributed by atoms with Crippen LogP contribution in [0, 0.1) is 6.92 Å². The molecule has 1 amide bonds. The Morgan fingerprint density at radius 2 is 1.91 bits per heavy atom. The first kappa shape index (κ1) is 23.1. The van der Waals surface area contributed by atoms with Crippen molar-refractivity contribution in [1.29, 1.82) is 0 Å². The third-order valence-corrected chi connectivity index (χ3v) is 7.82. The van der Waals surface area contributed by atoms with E-state index in [4.69, 9.17) is 9.47 Å². The summed E-state index contributed by atoms with van der Waals surface area (Å²) in [5.74, 6) is 0.789. The van der Waals surface area contributed by atoms with Gasteiger partial charge in [-0.3, -0.25) is 10.1 Å². The topological polar surface area (TPSA) is 120 Å². The van der Waals surface area contributed by atoms with Crippen LogP contribution in [-0.4, -0.2) is 37.2 Å². The zero-order chi connectivity index (χ0) is 23.8. The molecule has 2 N–H and O–H groups in total. The van der Waals surface area contributed by atoms with Gasteiger partial charge in [-0.05, 0) is 51.1 Å². The molecule has 0 spiro atoms. The average Bonchev–Trinajstić information content (AvgIpc) is 3.22. The second kappa shape index (κ2) is 8.73. The van der Waals surface area contributed by atoms with Gasteiger partial charge in [0.1, 0.15) is 17.1 Å². The third-order valence-electron chi connectivity index (χ3n) is 5.14. The van der Waals surface area contributed by atoms with E-state index >= 15 is 0 Å². The van der Waals surface area contributed by atoms with E-state index in [9.17, 15) is 13.2 Å². The lowest BCUT2D eigenvalue weighted by molar-refractivity contribution is 0.0700. The van der Waals surface area contributed by atoms with Gasteiger partial charge in [0.05, 0.1) is 13.2 Å². The van der Waals surface area contributed by atoms with Crippen LogP contribution >= 0.6 is 11.3 Å². The molecule has 0 saturated heterocycles. The van der Waals surface area contributed by atoms with Gasteiger partial charge in [0.15, 0.2) is 0 Å². The van der Waals surface area contributed by atoms with Crippen LogP contribution in [0.25, 0.3) is 0 Å². The quantitative estimate of drug-likeness (QED) is 0.508. The van der Waals surface area contributed by atoms with Gasteiger partial charge >= 0.3 is 0 Å². The molecule has 1 aliphatic heterocycles. The minimum Gasteiger partial charge on any atom is -0.497 e. The molecule has 11 heteroatoms. The number of carbonyl (C=O) groups is 1. The Balaban J connectivity index is 1.54. The summed E-state index contributed by atoms with van der Waals surface area (Å²) >= 11 is 0.783. The summed E-state index contributed by atoms with van der Waals surface area (Å²) in [6.07, 6.45) is 0.405. The molecule has 0 aliphatic carbocycles. The zero-order valence-electron chi connectivity index (χ0n) is 18.6. The number of rotatable bonds is 6. The molecule has 0 bridgehead atoms. The van der Waals surface area contributed by atoms with Crippen molar-refractivity contribution in [3.63, 3.8) is 0 Å². The largest absolute Gasteiger partial charge is 0.497 e. The number of methoxy groups -OCH3 is 1. The highest BCUT2D eigenvalue weighted by molar-refractivity contribution is 7.91. The van der Waals surface area contributed by atoms with Crippen molar-refractivity contribution in [3.05, 3.63) is 59.2 Å². The summed E-state index contributed by atoms with van der Waals surface area (Å²) in [5.41, 5.74) is 1.56. The van der Waals surface area contributed by atoms with E-state index in [0.29, 0.717) is 29.0 Å². The summed E-state index contributed by atoms with van der Waals surface area (Å²) in [4.78, 5) is 12.4.